The largest absolute Gasteiger partial charge is 0.316 e. The summed E-state index contributed by atoms with van der Waals surface area (Å²) in [4.78, 5) is 0. The molecule has 0 saturated heterocycles. The quantitative estimate of drug-likeness (QED) is 0.731. The van der Waals surface area contributed by atoms with E-state index in [0.717, 1.165) is 19.5 Å². The zero-order chi connectivity index (χ0) is 11.4. The Morgan fingerprint density at radius 3 is 3.00 bits per heavy atom. The number of nitrogens with zero attached hydrogens (tertiary/aromatic N) is 3. The normalized spacial score (nSPS) is 17.0. The second-order valence-corrected chi connectivity index (χ2v) is 4.71. The zero-order valence-electron chi connectivity index (χ0n) is 9.74. The molecule has 0 spiro atoms. The average Bonchev–Trinajstić information content (AvgIpc) is 2.91. The number of nitrogens with one attached hydrogen (secondary N) is 1. The van der Waals surface area contributed by atoms with E-state index in [1.54, 1.807) is 0 Å². The second kappa shape index (κ2) is 4.67. The third-order valence-corrected chi connectivity index (χ3v) is 3.39. The lowest BCUT2D eigenvalue weighted by Crippen LogP contribution is -2.26. The van der Waals surface area contributed by atoms with Crippen molar-refractivity contribution in [2.24, 2.45) is 12.5 Å². The molecule has 1 aromatic heterocycles. The van der Waals surface area contributed by atoms with Crippen LogP contribution in [0.3, 0.4) is 0 Å². The maximum Gasteiger partial charge on any atom is 0.0628 e. The predicted molar refractivity (Wildman–Crippen MR) is 61.7 cm³/mol. The summed E-state index contributed by atoms with van der Waals surface area (Å²) >= 11 is 0. The van der Waals surface area contributed by atoms with Crippen LogP contribution >= 0.6 is 0 Å². The summed E-state index contributed by atoms with van der Waals surface area (Å²) in [5.74, 6) is 0. The van der Waals surface area contributed by atoms with Gasteiger partial charge in [0.1, 0.15) is 0 Å². The molecule has 0 unspecified atom stereocenters. The minimum atomic E-state index is 0.307. The van der Waals surface area contributed by atoms with Crippen LogP contribution in [0.15, 0.2) is 12.3 Å². The summed E-state index contributed by atoms with van der Waals surface area (Å²) in [6.45, 7) is 1.95. The maximum absolute atomic E-state index is 8.70. The summed E-state index contributed by atoms with van der Waals surface area (Å²) in [5.41, 5.74) is 1.55. The second-order valence-electron chi connectivity index (χ2n) is 4.71. The van der Waals surface area contributed by atoms with Crippen LogP contribution in [-0.4, -0.2) is 22.9 Å². The first-order valence-corrected chi connectivity index (χ1v) is 5.80. The molecule has 1 aliphatic rings. The standard InChI is InChI=1S/C12H18N4/c1-16-11(3-9-15-16)2-8-14-10-12(4-5-12)6-7-13/h3,9,14H,2,4-6,8,10H2,1H3. The van der Waals surface area contributed by atoms with Gasteiger partial charge in [-0.3, -0.25) is 4.68 Å². The van der Waals surface area contributed by atoms with Gasteiger partial charge in [0.2, 0.25) is 0 Å². The van der Waals surface area contributed by atoms with Gasteiger partial charge in [-0.25, -0.2) is 0 Å². The molecule has 2 rings (SSSR count). The molecule has 16 heavy (non-hydrogen) atoms. The first-order chi connectivity index (χ1) is 7.76. The van der Waals surface area contributed by atoms with Gasteiger partial charge in [-0.05, 0) is 24.3 Å². The van der Waals surface area contributed by atoms with Gasteiger partial charge in [-0.2, -0.15) is 10.4 Å². The van der Waals surface area contributed by atoms with Crippen LogP contribution in [0, 0.1) is 16.7 Å². The lowest BCUT2D eigenvalue weighted by atomic mass is 10.0. The topological polar surface area (TPSA) is 53.6 Å². The van der Waals surface area contributed by atoms with Gasteiger partial charge in [-0.15, -0.1) is 0 Å². The number of hydrogen-bond acceptors (Lipinski definition) is 3. The van der Waals surface area contributed by atoms with Crippen LogP contribution in [0.2, 0.25) is 0 Å². The molecule has 0 aliphatic heterocycles. The van der Waals surface area contributed by atoms with E-state index in [1.807, 2.05) is 24.0 Å². The van der Waals surface area contributed by atoms with Crippen molar-refractivity contribution in [3.63, 3.8) is 0 Å². The maximum atomic E-state index is 8.70. The van der Waals surface area contributed by atoms with Crippen molar-refractivity contribution in [2.45, 2.75) is 25.7 Å². The van der Waals surface area contributed by atoms with Gasteiger partial charge >= 0.3 is 0 Å². The van der Waals surface area contributed by atoms with Gasteiger partial charge in [0.25, 0.3) is 0 Å². The lowest BCUT2D eigenvalue weighted by Gasteiger charge is -2.11. The van der Waals surface area contributed by atoms with Crippen LogP contribution in [0.4, 0.5) is 0 Å². The van der Waals surface area contributed by atoms with E-state index in [9.17, 15) is 0 Å². The summed E-state index contributed by atoms with van der Waals surface area (Å²) in [6.07, 6.45) is 5.94. The number of rotatable bonds is 6. The fraction of sp³-hybridized carbons (Fsp3) is 0.667. The van der Waals surface area contributed by atoms with E-state index >= 15 is 0 Å². The van der Waals surface area contributed by atoms with Crippen LogP contribution in [0.5, 0.6) is 0 Å². The molecule has 4 nitrogen and oxygen atoms in total. The third-order valence-electron chi connectivity index (χ3n) is 3.39. The van der Waals surface area contributed by atoms with E-state index in [2.05, 4.69) is 16.5 Å². The van der Waals surface area contributed by atoms with Gasteiger partial charge in [0.15, 0.2) is 0 Å². The molecule has 1 N–H and O–H groups in total. The van der Waals surface area contributed by atoms with Crippen molar-refractivity contribution < 1.29 is 0 Å². The molecule has 0 bridgehead atoms. The Kier molecular flexibility index (Phi) is 3.25. The molecule has 0 aromatic carbocycles. The molecule has 0 amide bonds. The van der Waals surface area contributed by atoms with Crippen LogP contribution in [-0.2, 0) is 13.5 Å². The van der Waals surface area contributed by atoms with E-state index in [4.69, 9.17) is 5.26 Å². The first kappa shape index (κ1) is 11.2. The van der Waals surface area contributed by atoms with Gasteiger partial charge in [0.05, 0.1) is 6.07 Å². The monoisotopic (exact) mass is 218 g/mol. The van der Waals surface area contributed by atoms with Crippen molar-refractivity contribution in [2.75, 3.05) is 13.1 Å². The molecule has 1 heterocycles. The molecule has 86 valence electrons. The summed E-state index contributed by atoms with van der Waals surface area (Å²) in [5, 5.41) is 16.3. The molecular formula is C12H18N4. The highest BCUT2D eigenvalue weighted by Crippen LogP contribution is 2.47. The zero-order valence-corrected chi connectivity index (χ0v) is 9.74. The summed E-state index contributed by atoms with van der Waals surface area (Å²) in [7, 11) is 1.97. The summed E-state index contributed by atoms with van der Waals surface area (Å²) < 4.78 is 1.91. The number of aromatic nitrogens is 2. The first-order valence-electron chi connectivity index (χ1n) is 5.80. The number of nitriles is 1. The molecular weight excluding hydrogens is 200 g/mol. The van der Waals surface area contributed by atoms with Gasteiger partial charge in [-0.1, -0.05) is 0 Å². The van der Waals surface area contributed by atoms with Crippen molar-refractivity contribution in [3.8, 4) is 6.07 Å². The number of aryl methyl sites for hydroxylation is 1. The Labute approximate surface area is 96.3 Å². The fourth-order valence-electron chi connectivity index (χ4n) is 1.98. The Morgan fingerprint density at radius 1 is 1.62 bits per heavy atom. The molecule has 1 saturated carbocycles. The van der Waals surface area contributed by atoms with E-state index in [-0.39, 0.29) is 0 Å². The molecule has 1 fully saturated rings. The molecule has 4 heteroatoms. The lowest BCUT2D eigenvalue weighted by molar-refractivity contribution is 0.467. The van der Waals surface area contributed by atoms with Crippen molar-refractivity contribution >= 4 is 0 Å². The average molecular weight is 218 g/mol. The van der Waals surface area contributed by atoms with E-state index in [0.29, 0.717) is 11.8 Å². The van der Waals surface area contributed by atoms with Crippen molar-refractivity contribution in [3.05, 3.63) is 18.0 Å². The Hall–Kier alpha value is -1.34. The van der Waals surface area contributed by atoms with E-state index < -0.39 is 0 Å². The van der Waals surface area contributed by atoms with Crippen LogP contribution < -0.4 is 5.32 Å². The van der Waals surface area contributed by atoms with Crippen molar-refractivity contribution in [1.82, 2.24) is 15.1 Å². The summed E-state index contributed by atoms with van der Waals surface area (Å²) in [6, 6.07) is 4.33. The highest BCUT2D eigenvalue weighted by atomic mass is 15.3. The number of hydrogen-bond donors (Lipinski definition) is 1. The van der Waals surface area contributed by atoms with Crippen molar-refractivity contribution in [1.29, 1.82) is 5.26 Å². The highest BCUT2D eigenvalue weighted by Gasteiger charge is 2.41. The Balaban J connectivity index is 1.66. The molecule has 0 atom stereocenters. The SMILES string of the molecule is Cn1nccc1CCNCC1(CC#N)CC1. The molecule has 1 aromatic rings. The molecule has 1 aliphatic carbocycles. The van der Waals surface area contributed by atoms with Crippen LogP contribution in [0.1, 0.15) is 25.0 Å². The van der Waals surface area contributed by atoms with E-state index in [1.165, 1.54) is 18.5 Å². The third kappa shape index (κ3) is 2.61. The highest BCUT2D eigenvalue weighted by molar-refractivity contribution is 5.02. The Bertz CT molecular complexity index is 384. The molecule has 0 radical (unpaired) electrons. The van der Waals surface area contributed by atoms with Crippen LogP contribution in [0.25, 0.3) is 0 Å². The Morgan fingerprint density at radius 2 is 2.44 bits per heavy atom. The van der Waals surface area contributed by atoms with Gasteiger partial charge in [0, 0.05) is 44.9 Å². The van der Waals surface area contributed by atoms with Gasteiger partial charge < -0.3 is 5.32 Å². The minimum absolute atomic E-state index is 0.307. The predicted octanol–water partition coefficient (Wildman–Crippen LogP) is 1.25. The fourth-order valence-corrected chi connectivity index (χ4v) is 1.98. The minimum Gasteiger partial charge on any atom is -0.316 e. The smallest absolute Gasteiger partial charge is 0.0628 e.